The molecule has 0 atom stereocenters. The Morgan fingerprint density at radius 1 is 0.897 bits per heavy atom. The van der Waals surface area contributed by atoms with E-state index in [0.29, 0.717) is 5.92 Å². The Morgan fingerprint density at radius 3 is 2.28 bits per heavy atom. The van der Waals surface area contributed by atoms with Gasteiger partial charge in [0, 0.05) is 24.0 Å². The minimum absolute atomic E-state index is 0.0992. The SMILES string of the molecule is CCC#CCCCc1ccc(C#Cc2ccc(C3CCC(C)CC3)c(F)c2)cc1. The summed E-state index contributed by atoms with van der Waals surface area (Å²) in [5.74, 6) is 13.6. The normalized spacial score (nSPS) is 18.3. The van der Waals surface area contributed by atoms with Crippen molar-refractivity contribution in [3.05, 3.63) is 70.5 Å². The van der Waals surface area contributed by atoms with Gasteiger partial charge in [0.1, 0.15) is 5.82 Å². The predicted octanol–water partition coefficient (Wildman–Crippen LogP) is 7.26. The maximum absolute atomic E-state index is 14.6. The molecule has 29 heavy (non-hydrogen) atoms. The van der Waals surface area contributed by atoms with Crippen molar-refractivity contribution < 1.29 is 4.39 Å². The predicted molar refractivity (Wildman–Crippen MR) is 120 cm³/mol. The molecule has 0 N–H and O–H groups in total. The zero-order chi connectivity index (χ0) is 20.5. The summed E-state index contributed by atoms with van der Waals surface area (Å²) in [4.78, 5) is 0. The number of rotatable bonds is 4. The van der Waals surface area contributed by atoms with Crippen LogP contribution in [0.3, 0.4) is 0 Å². The molecule has 3 rings (SSSR count). The number of halogens is 1. The zero-order valence-electron chi connectivity index (χ0n) is 17.7. The van der Waals surface area contributed by atoms with Crippen LogP contribution in [0.15, 0.2) is 42.5 Å². The number of hydrogen-bond acceptors (Lipinski definition) is 0. The molecule has 1 aliphatic carbocycles. The standard InChI is InChI=1S/C28H31F/c1-3-4-5-6-7-8-23-11-13-24(14-12-23)15-16-25-17-20-27(28(29)21-25)26-18-9-22(2)10-19-26/h11-14,17,20-22,26H,3,6-10,18-19H2,1-2H3. The van der Waals surface area contributed by atoms with Crippen molar-refractivity contribution in [2.75, 3.05) is 0 Å². The van der Waals surface area contributed by atoms with E-state index in [1.165, 1.54) is 18.4 Å². The van der Waals surface area contributed by atoms with E-state index in [0.717, 1.165) is 61.1 Å². The van der Waals surface area contributed by atoms with Gasteiger partial charge in [0.05, 0.1) is 0 Å². The summed E-state index contributed by atoms with van der Waals surface area (Å²) in [7, 11) is 0. The average molecular weight is 387 g/mol. The van der Waals surface area contributed by atoms with Crippen LogP contribution in [0.4, 0.5) is 4.39 Å². The molecule has 0 saturated heterocycles. The molecular formula is C28H31F. The molecule has 0 nitrogen and oxygen atoms in total. The third-order valence-corrected chi connectivity index (χ3v) is 5.83. The highest BCUT2D eigenvalue weighted by atomic mass is 19.1. The number of aryl methyl sites for hydroxylation is 1. The number of unbranched alkanes of at least 4 members (excludes halogenated alkanes) is 1. The van der Waals surface area contributed by atoms with Crippen LogP contribution in [-0.4, -0.2) is 0 Å². The summed E-state index contributed by atoms with van der Waals surface area (Å²) in [6.07, 6.45) is 8.61. The molecule has 0 spiro atoms. The summed E-state index contributed by atoms with van der Waals surface area (Å²) >= 11 is 0. The first-order chi connectivity index (χ1) is 14.2. The Labute approximate surface area is 175 Å². The fourth-order valence-electron chi connectivity index (χ4n) is 4.00. The Bertz CT molecular complexity index is 907. The zero-order valence-corrected chi connectivity index (χ0v) is 17.7. The van der Waals surface area contributed by atoms with Crippen molar-refractivity contribution in [3.63, 3.8) is 0 Å². The summed E-state index contributed by atoms with van der Waals surface area (Å²) in [5, 5.41) is 0. The van der Waals surface area contributed by atoms with Gasteiger partial charge < -0.3 is 0 Å². The second-order valence-corrected chi connectivity index (χ2v) is 8.20. The molecule has 2 aromatic carbocycles. The highest BCUT2D eigenvalue weighted by Crippen LogP contribution is 2.36. The highest BCUT2D eigenvalue weighted by molar-refractivity contribution is 5.44. The van der Waals surface area contributed by atoms with E-state index in [1.54, 1.807) is 6.07 Å². The molecule has 1 fully saturated rings. The quantitative estimate of drug-likeness (QED) is 0.383. The van der Waals surface area contributed by atoms with Crippen molar-refractivity contribution in [3.8, 4) is 23.7 Å². The topological polar surface area (TPSA) is 0 Å². The first kappa shape index (κ1) is 21.2. The van der Waals surface area contributed by atoms with Crippen molar-refractivity contribution >= 4 is 0 Å². The van der Waals surface area contributed by atoms with Gasteiger partial charge in [-0.25, -0.2) is 4.39 Å². The Morgan fingerprint density at radius 2 is 1.59 bits per heavy atom. The largest absolute Gasteiger partial charge is 0.207 e. The highest BCUT2D eigenvalue weighted by Gasteiger charge is 2.22. The Hall–Kier alpha value is -2.51. The van der Waals surface area contributed by atoms with E-state index in [9.17, 15) is 4.39 Å². The lowest BCUT2D eigenvalue weighted by molar-refractivity contribution is 0.342. The van der Waals surface area contributed by atoms with Crippen LogP contribution in [0.2, 0.25) is 0 Å². The maximum atomic E-state index is 14.6. The van der Waals surface area contributed by atoms with E-state index in [-0.39, 0.29) is 5.82 Å². The van der Waals surface area contributed by atoms with Gasteiger partial charge in [0.15, 0.2) is 0 Å². The van der Waals surface area contributed by atoms with Crippen LogP contribution in [0.1, 0.15) is 87.0 Å². The summed E-state index contributed by atoms with van der Waals surface area (Å²) in [6, 6.07) is 13.9. The molecular weight excluding hydrogens is 355 g/mol. The molecule has 1 heteroatoms. The minimum Gasteiger partial charge on any atom is -0.207 e. The molecule has 2 aromatic rings. The van der Waals surface area contributed by atoms with Gasteiger partial charge in [0.25, 0.3) is 0 Å². The monoisotopic (exact) mass is 386 g/mol. The lowest BCUT2D eigenvalue weighted by Crippen LogP contribution is -2.12. The Kier molecular flexibility index (Phi) is 7.95. The molecule has 1 aliphatic rings. The molecule has 0 bridgehead atoms. The van der Waals surface area contributed by atoms with E-state index in [2.05, 4.69) is 49.7 Å². The van der Waals surface area contributed by atoms with E-state index >= 15 is 0 Å². The van der Waals surface area contributed by atoms with Gasteiger partial charge in [-0.05, 0) is 72.9 Å². The first-order valence-corrected chi connectivity index (χ1v) is 11.0. The van der Waals surface area contributed by atoms with Crippen LogP contribution >= 0.6 is 0 Å². The lowest BCUT2D eigenvalue weighted by atomic mass is 9.79. The van der Waals surface area contributed by atoms with Gasteiger partial charge >= 0.3 is 0 Å². The second-order valence-electron chi connectivity index (χ2n) is 8.20. The summed E-state index contributed by atoms with van der Waals surface area (Å²) < 4.78 is 14.6. The van der Waals surface area contributed by atoms with E-state index in [1.807, 2.05) is 24.3 Å². The van der Waals surface area contributed by atoms with Crippen molar-refractivity contribution in [1.82, 2.24) is 0 Å². The van der Waals surface area contributed by atoms with Crippen molar-refractivity contribution in [2.24, 2.45) is 5.92 Å². The van der Waals surface area contributed by atoms with Crippen molar-refractivity contribution in [1.29, 1.82) is 0 Å². The van der Waals surface area contributed by atoms with E-state index < -0.39 is 0 Å². The molecule has 0 aliphatic heterocycles. The van der Waals surface area contributed by atoms with E-state index in [4.69, 9.17) is 0 Å². The fraction of sp³-hybridized carbons (Fsp3) is 0.429. The third-order valence-electron chi connectivity index (χ3n) is 5.83. The Balaban J connectivity index is 1.58. The van der Waals surface area contributed by atoms with Gasteiger partial charge in [-0.3, -0.25) is 0 Å². The summed E-state index contributed by atoms with van der Waals surface area (Å²) in [6.45, 7) is 4.37. The number of benzene rings is 2. The van der Waals surface area contributed by atoms with Crippen LogP contribution in [0, 0.1) is 35.4 Å². The molecule has 150 valence electrons. The van der Waals surface area contributed by atoms with Gasteiger partial charge in [-0.1, -0.05) is 56.7 Å². The smallest absolute Gasteiger partial charge is 0.127 e. The molecule has 1 saturated carbocycles. The molecule has 0 aromatic heterocycles. The second kappa shape index (κ2) is 10.9. The van der Waals surface area contributed by atoms with Crippen LogP contribution < -0.4 is 0 Å². The first-order valence-electron chi connectivity index (χ1n) is 11.0. The minimum atomic E-state index is -0.0992. The summed E-state index contributed by atoms with van der Waals surface area (Å²) in [5.41, 5.74) is 3.89. The number of hydrogen-bond donors (Lipinski definition) is 0. The molecule has 0 radical (unpaired) electrons. The third kappa shape index (κ3) is 6.51. The maximum Gasteiger partial charge on any atom is 0.127 e. The van der Waals surface area contributed by atoms with Crippen LogP contribution in [-0.2, 0) is 6.42 Å². The van der Waals surface area contributed by atoms with Crippen LogP contribution in [0.25, 0.3) is 0 Å². The lowest BCUT2D eigenvalue weighted by Gasteiger charge is -2.26. The van der Waals surface area contributed by atoms with Crippen molar-refractivity contribution in [2.45, 2.75) is 71.1 Å². The van der Waals surface area contributed by atoms with Gasteiger partial charge in [0.2, 0.25) is 0 Å². The molecule has 0 unspecified atom stereocenters. The van der Waals surface area contributed by atoms with Gasteiger partial charge in [-0.2, -0.15) is 0 Å². The molecule has 0 heterocycles. The van der Waals surface area contributed by atoms with Crippen LogP contribution in [0.5, 0.6) is 0 Å². The molecule has 0 amide bonds. The fourth-order valence-corrected chi connectivity index (χ4v) is 4.00. The average Bonchev–Trinajstić information content (AvgIpc) is 2.74. The van der Waals surface area contributed by atoms with Gasteiger partial charge in [-0.15, -0.1) is 11.8 Å².